The van der Waals surface area contributed by atoms with Crippen molar-refractivity contribution < 1.29 is 9.53 Å². The molecule has 3 rings (SSSR count). The van der Waals surface area contributed by atoms with Gasteiger partial charge >= 0.3 is 5.97 Å². The molecule has 1 aliphatic carbocycles. The molecule has 0 aromatic heterocycles. The van der Waals surface area contributed by atoms with Crippen LogP contribution in [0.4, 0.5) is 0 Å². The van der Waals surface area contributed by atoms with E-state index in [4.69, 9.17) is 4.74 Å². The molecule has 0 amide bonds. The van der Waals surface area contributed by atoms with E-state index in [2.05, 4.69) is 50.8 Å². The molecule has 0 saturated heterocycles. The number of unbranched alkanes of at least 4 members (excludes halogenated alkanes) is 2. The Morgan fingerprint density at radius 2 is 1.65 bits per heavy atom. The summed E-state index contributed by atoms with van der Waals surface area (Å²) in [5.41, 5.74) is 1.41. The Morgan fingerprint density at radius 1 is 0.935 bits per heavy atom. The van der Waals surface area contributed by atoms with Gasteiger partial charge in [-0.25, -0.2) is 0 Å². The maximum atomic E-state index is 12.7. The summed E-state index contributed by atoms with van der Waals surface area (Å²) in [6.45, 7) is 9.58. The summed E-state index contributed by atoms with van der Waals surface area (Å²) in [6, 6.07) is 14.2. The molecule has 0 atom stereocenters. The fourth-order valence-electron chi connectivity index (χ4n) is 4.88. The highest BCUT2D eigenvalue weighted by Crippen LogP contribution is 2.33. The Labute approximate surface area is 190 Å². The summed E-state index contributed by atoms with van der Waals surface area (Å²) >= 11 is 0. The zero-order valence-corrected chi connectivity index (χ0v) is 21.2. The molecule has 0 heterocycles. The minimum absolute atomic E-state index is 0.0330. The van der Waals surface area contributed by atoms with Crippen LogP contribution in [-0.4, -0.2) is 14.0 Å². The standard InChI is InChI=1S/C28H42O2Si/c1-5-6-7-9-22-11-14-24(15-12-22)28(29)30-27-18-17-25-20-23(13-16-26(25)21-27)10-8-19-31(2,3)4/h13,16-18,20-22,24H,5-12,14-15,19H2,1-4H3. The number of carbonyl (C=O) groups is 1. The van der Waals surface area contributed by atoms with E-state index < -0.39 is 8.07 Å². The van der Waals surface area contributed by atoms with Crippen molar-refractivity contribution in [3.8, 4) is 5.75 Å². The average molecular weight is 439 g/mol. The van der Waals surface area contributed by atoms with Crippen LogP contribution in [0.5, 0.6) is 5.75 Å². The van der Waals surface area contributed by atoms with Crippen LogP contribution in [0, 0.1) is 11.8 Å². The van der Waals surface area contributed by atoms with E-state index in [0.717, 1.165) is 30.6 Å². The summed E-state index contributed by atoms with van der Waals surface area (Å²) < 4.78 is 5.79. The molecule has 2 nitrogen and oxygen atoms in total. The Morgan fingerprint density at radius 3 is 2.35 bits per heavy atom. The van der Waals surface area contributed by atoms with Crippen LogP contribution in [0.1, 0.15) is 70.3 Å². The number of fused-ring (bicyclic) bond motifs is 1. The van der Waals surface area contributed by atoms with Crippen molar-refractivity contribution in [1.82, 2.24) is 0 Å². The number of aryl methyl sites for hydroxylation is 1. The van der Waals surface area contributed by atoms with Crippen LogP contribution in [0.25, 0.3) is 10.8 Å². The van der Waals surface area contributed by atoms with Crippen LogP contribution in [-0.2, 0) is 11.2 Å². The fourth-order valence-corrected chi connectivity index (χ4v) is 6.12. The van der Waals surface area contributed by atoms with Gasteiger partial charge in [-0.15, -0.1) is 0 Å². The van der Waals surface area contributed by atoms with Gasteiger partial charge in [0.05, 0.1) is 5.92 Å². The second-order valence-electron chi connectivity index (χ2n) is 10.9. The Balaban J connectivity index is 1.51. The van der Waals surface area contributed by atoms with Gasteiger partial charge in [0.2, 0.25) is 0 Å². The third-order valence-electron chi connectivity index (χ3n) is 6.88. The lowest BCUT2D eigenvalue weighted by atomic mass is 9.80. The minimum atomic E-state index is -0.963. The number of hydrogen-bond acceptors (Lipinski definition) is 2. The van der Waals surface area contributed by atoms with E-state index in [1.165, 1.54) is 61.9 Å². The smallest absolute Gasteiger partial charge is 0.314 e. The highest BCUT2D eigenvalue weighted by atomic mass is 28.3. The predicted molar refractivity (Wildman–Crippen MR) is 136 cm³/mol. The number of hydrogen-bond donors (Lipinski definition) is 0. The second-order valence-corrected chi connectivity index (χ2v) is 16.5. The summed E-state index contributed by atoms with van der Waals surface area (Å²) in [7, 11) is -0.963. The monoisotopic (exact) mass is 438 g/mol. The summed E-state index contributed by atoms with van der Waals surface area (Å²) in [4.78, 5) is 12.7. The van der Waals surface area contributed by atoms with Crippen molar-refractivity contribution in [1.29, 1.82) is 0 Å². The first kappa shape index (κ1) is 24.0. The molecule has 0 bridgehead atoms. The van der Waals surface area contributed by atoms with Gasteiger partial charge in [-0.05, 0) is 66.5 Å². The molecule has 2 aromatic rings. The lowest BCUT2D eigenvalue weighted by Crippen LogP contribution is -2.25. The highest BCUT2D eigenvalue weighted by Gasteiger charge is 2.27. The molecule has 0 unspecified atom stereocenters. The molecule has 1 saturated carbocycles. The van der Waals surface area contributed by atoms with Crippen molar-refractivity contribution in [2.45, 2.75) is 96.8 Å². The van der Waals surface area contributed by atoms with Gasteiger partial charge in [-0.3, -0.25) is 4.79 Å². The molecule has 3 heteroatoms. The van der Waals surface area contributed by atoms with E-state index >= 15 is 0 Å². The molecule has 0 N–H and O–H groups in total. The van der Waals surface area contributed by atoms with Crippen molar-refractivity contribution >= 4 is 24.8 Å². The van der Waals surface area contributed by atoms with Crippen molar-refractivity contribution in [2.24, 2.45) is 11.8 Å². The van der Waals surface area contributed by atoms with E-state index in [0.29, 0.717) is 5.75 Å². The Hall–Kier alpha value is -1.61. The molecular weight excluding hydrogens is 396 g/mol. The maximum absolute atomic E-state index is 12.7. The largest absolute Gasteiger partial charge is 0.426 e. The van der Waals surface area contributed by atoms with Gasteiger partial charge in [0.1, 0.15) is 5.75 Å². The number of esters is 1. The summed E-state index contributed by atoms with van der Waals surface area (Å²) in [5, 5.41) is 2.39. The lowest BCUT2D eigenvalue weighted by molar-refractivity contribution is -0.140. The Kier molecular flexibility index (Phi) is 8.77. The number of ether oxygens (including phenoxy) is 1. The van der Waals surface area contributed by atoms with E-state index in [1.54, 1.807) is 0 Å². The number of benzene rings is 2. The molecule has 170 valence electrons. The molecule has 0 aliphatic heterocycles. The fraction of sp³-hybridized carbons (Fsp3) is 0.607. The molecule has 31 heavy (non-hydrogen) atoms. The van der Waals surface area contributed by atoms with Gasteiger partial charge < -0.3 is 4.74 Å². The van der Waals surface area contributed by atoms with Gasteiger partial charge in [-0.2, -0.15) is 0 Å². The van der Waals surface area contributed by atoms with Crippen molar-refractivity contribution in [2.75, 3.05) is 0 Å². The van der Waals surface area contributed by atoms with E-state index in [1.807, 2.05) is 12.1 Å². The van der Waals surface area contributed by atoms with Gasteiger partial charge in [0.25, 0.3) is 0 Å². The van der Waals surface area contributed by atoms with Crippen LogP contribution < -0.4 is 4.74 Å². The third-order valence-corrected chi connectivity index (χ3v) is 8.74. The normalized spacial score (nSPS) is 19.5. The van der Waals surface area contributed by atoms with Crippen LogP contribution in [0.3, 0.4) is 0 Å². The van der Waals surface area contributed by atoms with Crippen LogP contribution >= 0.6 is 0 Å². The summed E-state index contributed by atoms with van der Waals surface area (Å²) in [5.74, 6) is 1.55. The topological polar surface area (TPSA) is 26.3 Å². The first-order chi connectivity index (χ1) is 14.8. The SMILES string of the molecule is CCCCCC1CCC(C(=O)Oc2ccc3cc(CCC[Si](C)(C)C)ccc3c2)CC1. The first-order valence-electron chi connectivity index (χ1n) is 12.6. The quantitative estimate of drug-likeness (QED) is 0.161. The molecule has 2 aromatic carbocycles. The van der Waals surface area contributed by atoms with Crippen LogP contribution in [0.15, 0.2) is 36.4 Å². The van der Waals surface area contributed by atoms with E-state index in [-0.39, 0.29) is 11.9 Å². The summed E-state index contributed by atoms with van der Waals surface area (Å²) in [6.07, 6.45) is 12.1. The number of carbonyl (C=O) groups excluding carboxylic acids is 1. The van der Waals surface area contributed by atoms with E-state index in [9.17, 15) is 4.79 Å². The van der Waals surface area contributed by atoms with Gasteiger partial charge in [0.15, 0.2) is 0 Å². The second kappa shape index (κ2) is 11.3. The third kappa shape index (κ3) is 7.79. The van der Waals surface area contributed by atoms with Crippen molar-refractivity contribution in [3.05, 3.63) is 42.0 Å². The lowest BCUT2D eigenvalue weighted by Gasteiger charge is -2.27. The predicted octanol–water partition coefficient (Wildman–Crippen LogP) is 8.40. The molecule has 0 radical (unpaired) electrons. The molecule has 1 fully saturated rings. The van der Waals surface area contributed by atoms with Gasteiger partial charge in [-0.1, -0.05) is 89.0 Å². The number of rotatable bonds is 10. The van der Waals surface area contributed by atoms with Crippen molar-refractivity contribution in [3.63, 3.8) is 0 Å². The maximum Gasteiger partial charge on any atom is 0.314 e. The van der Waals surface area contributed by atoms with Crippen LogP contribution in [0.2, 0.25) is 25.7 Å². The molecule has 1 aliphatic rings. The van der Waals surface area contributed by atoms with Gasteiger partial charge in [0, 0.05) is 8.07 Å². The zero-order chi connectivity index (χ0) is 22.3. The minimum Gasteiger partial charge on any atom is -0.426 e. The first-order valence-corrected chi connectivity index (χ1v) is 16.3. The Bertz CT molecular complexity index is 844. The molecule has 0 spiro atoms. The molecular formula is C28H42O2Si. The average Bonchev–Trinajstić information content (AvgIpc) is 2.73. The zero-order valence-electron chi connectivity index (χ0n) is 20.2. The highest BCUT2D eigenvalue weighted by molar-refractivity contribution is 6.76.